The topological polar surface area (TPSA) is 67.4 Å². The molecule has 1 rings (SSSR count). The minimum atomic E-state index is -2.41. The number of carbonyl (C=O) groups is 2. The molecule has 1 aliphatic heterocycles. The third-order valence-corrected chi connectivity index (χ3v) is 2.13. The van der Waals surface area contributed by atoms with Gasteiger partial charge in [0.15, 0.2) is 6.23 Å². The summed E-state index contributed by atoms with van der Waals surface area (Å²) in [6, 6.07) is -0.778. The average Bonchev–Trinajstić information content (AvgIpc) is 1.97. The van der Waals surface area contributed by atoms with Crippen LogP contribution in [-0.2, 0) is 9.53 Å². The van der Waals surface area contributed by atoms with Gasteiger partial charge in [-0.2, -0.15) is 0 Å². The smallest absolute Gasteiger partial charge is 0.323 e. The van der Waals surface area contributed by atoms with Crippen LogP contribution in [0.4, 0.5) is 9.18 Å². The van der Waals surface area contributed by atoms with Gasteiger partial charge in [0.05, 0.1) is 0 Å². The quantitative estimate of drug-likeness (QED) is 0.628. The van der Waals surface area contributed by atoms with E-state index in [9.17, 15) is 14.0 Å². The van der Waals surface area contributed by atoms with Gasteiger partial charge in [-0.05, 0) is 15.9 Å². The number of hydrogen-bond donors (Lipinski definition) is 2. The summed E-state index contributed by atoms with van der Waals surface area (Å²) in [6.07, 6.45) is -1.31. The number of imide groups is 1. The number of alkyl halides is 2. The maximum absolute atomic E-state index is 13.3. The third-order valence-electron chi connectivity index (χ3n) is 1.36. The van der Waals surface area contributed by atoms with Gasteiger partial charge >= 0.3 is 6.03 Å². The van der Waals surface area contributed by atoms with Crippen LogP contribution in [0.25, 0.3) is 0 Å². The first-order valence-electron chi connectivity index (χ1n) is 3.01. The van der Waals surface area contributed by atoms with E-state index in [0.717, 1.165) is 0 Å². The normalized spacial score (nSPS) is 35.8. The van der Waals surface area contributed by atoms with Gasteiger partial charge in [0.1, 0.15) is 0 Å². The molecule has 5 nitrogen and oxygen atoms in total. The molecule has 7 heteroatoms. The number of ether oxygens (including phenoxy) is 1. The molecule has 68 valence electrons. The molecule has 0 aromatic rings. The zero-order valence-corrected chi connectivity index (χ0v) is 7.64. The molecule has 0 aromatic carbocycles. The van der Waals surface area contributed by atoms with Gasteiger partial charge in [0.2, 0.25) is 0 Å². The summed E-state index contributed by atoms with van der Waals surface area (Å²) >= 11 is 2.49. The van der Waals surface area contributed by atoms with Crippen LogP contribution in [0.1, 0.15) is 0 Å². The van der Waals surface area contributed by atoms with Crippen molar-refractivity contribution in [3.05, 3.63) is 0 Å². The molecule has 0 bridgehead atoms. The molecule has 0 saturated carbocycles. The van der Waals surface area contributed by atoms with E-state index in [0.29, 0.717) is 0 Å². The van der Waals surface area contributed by atoms with Gasteiger partial charge in [0.25, 0.3) is 10.5 Å². The van der Waals surface area contributed by atoms with Gasteiger partial charge in [-0.15, -0.1) is 0 Å². The van der Waals surface area contributed by atoms with Crippen LogP contribution in [0.2, 0.25) is 0 Å². The van der Waals surface area contributed by atoms with Gasteiger partial charge in [-0.3, -0.25) is 10.1 Å². The largest absolute Gasteiger partial charge is 0.357 e. The minimum absolute atomic E-state index is 0.778. The second kappa shape index (κ2) is 2.98. The van der Waals surface area contributed by atoms with Crippen LogP contribution in [0, 0.1) is 0 Å². The van der Waals surface area contributed by atoms with E-state index < -0.39 is 22.7 Å². The molecule has 1 fully saturated rings. The van der Waals surface area contributed by atoms with Crippen molar-refractivity contribution in [2.24, 2.45) is 0 Å². The number of urea groups is 1. The minimum Gasteiger partial charge on any atom is -0.357 e. The monoisotopic (exact) mass is 240 g/mol. The van der Waals surface area contributed by atoms with Crippen LogP contribution in [0.15, 0.2) is 0 Å². The van der Waals surface area contributed by atoms with Crippen molar-refractivity contribution in [1.82, 2.24) is 10.6 Å². The van der Waals surface area contributed by atoms with Gasteiger partial charge in [-0.1, -0.05) is 0 Å². The summed E-state index contributed by atoms with van der Waals surface area (Å²) in [5.41, 5.74) is 0. The second-order valence-corrected chi connectivity index (χ2v) is 3.32. The molecule has 1 saturated heterocycles. The van der Waals surface area contributed by atoms with E-state index in [-0.39, 0.29) is 0 Å². The molecular weight excluding hydrogens is 235 g/mol. The lowest BCUT2D eigenvalue weighted by Gasteiger charge is -2.30. The Kier molecular flexibility index (Phi) is 2.34. The van der Waals surface area contributed by atoms with Crippen molar-refractivity contribution in [2.45, 2.75) is 10.8 Å². The van der Waals surface area contributed by atoms with E-state index in [2.05, 4.69) is 26.0 Å². The van der Waals surface area contributed by atoms with Gasteiger partial charge < -0.3 is 10.1 Å². The lowest BCUT2D eigenvalue weighted by molar-refractivity contribution is -0.135. The summed E-state index contributed by atoms with van der Waals surface area (Å²) < 4.78 is 15.4. The van der Waals surface area contributed by atoms with Crippen molar-refractivity contribution < 1.29 is 18.7 Å². The summed E-state index contributed by atoms with van der Waals surface area (Å²) in [6.45, 7) is 0. The van der Waals surface area contributed by atoms with Crippen molar-refractivity contribution in [3.63, 3.8) is 0 Å². The summed E-state index contributed by atoms with van der Waals surface area (Å²) in [5, 5.41) is 3.81. The first-order valence-corrected chi connectivity index (χ1v) is 3.80. The molecule has 3 amide bonds. The number of amides is 3. The van der Waals surface area contributed by atoms with Crippen molar-refractivity contribution in [3.8, 4) is 0 Å². The highest BCUT2D eigenvalue weighted by atomic mass is 79.9. The fourth-order valence-corrected chi connectivity index (χ4v) is 1.16. The van der Waals surface area contributed by atoms with E-state index in [1.54, 1.807) is 5.32 Å². The Morgan fingerprint density at radius 3 is 2.75 bits per heavy atom. The highest BCUT2D eigenvalue weighted by molar-refractivity contribution is 9.10. The highest BCUT2D eigenvalue weighted by Crippen LogP contribution is 2.27. The van der Waals surface area contributed by atoms with E-state index in [4.69, 9.17) is 0 Å². The number of methoxy groups -OCH3 is 1. The lowest BCUT2D eigenvalue weighted by atomic mass is 10.3. The van der Waals surface area contributed by atoms with E-state index in [1.807, 2.05) is 0 Å². The fourth-order valence-electron chi connectivity index (χ4n) is 0.758. The summed E-state index contributed by atoms with van der Waals surface area (Å²) in [5.74, 6) is -1.07. The molecule has 1 heterocycles. The molecule has 0 radical (unpaired) electrons. The highest BCUT2D eigenvalue weighted by Gasteiger charge is 2.49. The van der Waals surface area contributed by atoms with Gasteiger partial charge in [0, 0.05) is 7.11 Å². The predicted octanol–water partition coefficient (Wildman–Crippen LogP) is -0.141. The molecule has 0 aliphatic carbocycles. The Hall–Kier alpha value is -0.690. The maximum atomic E-state index is 13.3. The first kappa shape index (κ1) is 9.40. The standard InChI is InChI=1S/C5H6BrFN2O3/c1-12-3-5(6,7)2(10)8-4(11)9-3/h3H,1H3,(H2,8,9,10,11). The van der Waals surface area contributed by atoms with E-state index in [1.165, 1.54) is 7.11 Å². The number of nitrogens with one attached hydrogen (secondary N) is 2. The zero-order valence-electron chi connectivity index (χ0n) is 6.06. The molecule has 12 heavy (non-hydrogen) atoms. The number of rotatable bonds is 1. The summed E-state index contributed by atoms with van der Waals surface area (Å²) in [7, 11) is 1.18. The van der Waals surface area contributed by atoms with Crippen LogP contribution < -0.4 is 10.6 Å². The van der Waals surface area contributed by atoms with E-state index >= 15 is 0 Å². The zero-order chi connectivity index (χ0) is 9.35. The SMILES string of the molecule is COC1NC(=O)NC(=O)C1(F)Br. The van der Waals surface area contributed by atoms with Crippen LogP contribution in [0.3, 0.4) is 0 Å². The molecule has 2 unspecified atom stereocenters. The Balaban J connectivity index is 2.85. The molecule has 2 atom stereocenters. The Morgan fingerprint density at radius 2 is 2.25 bits per heavy atom. The van der Waals surface area contributed by atoms with Crippen LogP contribution in [0.5, 0.6) is 0 Å². The van der Waals surface area contributed by atoms with Crippen molar-refractivity contribution >= 4 is 27.9 Å². The molecule has 0 aromatic heterocycles. The lowest BCUT2D eigenvalue weighted by Crippen LogP contribution is -2.64. The first-order chi connectivity index (χ1) is 5.48. The van der Waals surface area contributed by atoms with Crippen LogP contribution >= 0.6 is 15.9 Å². The van der Waals surface area contributed by atoms with Crippen molar-refractivity contribution in [2.75, 3.05) is 7.11 Å². The average molecular weight is 241 g/mol. The molecule has 2 N–H and O–H groups in total. The second-order valence-electron chi connectivity index (χ2n) is 2.17. The van der Waals surface area contributed by atoms with Crippen molar-refractivity contribution in [1.29, 1.82) is 0 Å². The van der Waals surface area contributed by atoms with Crippen LogP contribution in [-0.4, -0.2) is 29.9 Å². The Bertz CT molecular complexity index is 233. The molecule has 0 spiro atoms. The Morgan fingerprint density at radius 1 is 1.67 bits per heavy atom. The summed E-state index contributed by atoms with van der Waals surface area (Å²) in [4.78, 5) is 21.4. The van der Waals surface area contributed by atoms with Gasteiger partial charge in [-0.25, -0.2) is 9.18 Å². The molecular formula is C5H6BrFN2O3. The maximum Gasteiger partial charge on any atom is 0.323 e. The number of carbonyl (C=O) groups excluding carboxylic acids is 2. The number of hydrogen-bond acceptors (Lipinski definition) is 3. The number of halogens is 2. The fraction of sp³-hybridized carbons (Fsp3) is 0.600. The third kappa shape index (κ3) is 1.42. The molecule has 1 aliphatic rings. The predicted molar refractivity (Wildman–Crippen MR) is 40.2 cm³/mol. The Labute approximate surface area is 75.8 Å².